The Hall–Kier alpha value is -3.03. The molecule has 3 aromatic rings. The molecule has 1 fully saturated rings. The number of rotatable bonds is 7. The summed E-state index contributed by atoms with van der Waals surface area (Å²) in [4.78, 5) is 26.0. The van der Waals surface area contributed by atoms with Crippen molar-refractivity contribution in [1.82, 2.24) is 19.5 Å². The number of carboxylic acids is 1. The molecule has 1 aliphatic rings. The summed E-state index contributed by atoms with van der Waals surface area (Å²) in [6, 6.07) is 3.98. The molecule has 4 rings (SSSR count). The number of H-pyrrole nitrogens is 1. The number of hydrogen-bond donors (Lipinski definition) is 3. The van der Waals surface area contributed by atoms with Gasteiger partial charge in [0, 0.05) is 31.5 Å². The van der Waals surface area contributed by atoms with Crippen LogP contribution >= 0.6 is 0 Å². The molecule has 0 saturated heterocycles. The molecule has 28 heavy (non-hydrogen) atoms. The van der Waals surface area contributed by atoms with Gasteiger partial charge in [0.25, 0.3) is 0 Å². The number of carbonyl (C=O) groups is 1. The summed E-state index contributed by atoms with van der Waals surface area (Å²) in [6.07, 6.45) is 8.63. The molecule has 3 N–H and O–H groups in total. The largest absolute Gasteiger partial charge is 0.478 e. The van der Waals surface area contributed by atoms with Crippen LogP contribution in [0.4, 0.5) is 17.6 Å². The average molecular weight is 382 g/mol. The molecular weight excluding hydrogens is 356 g/mol. The highest BCUT2D eigenvalue weighted by molar-refractivity contribution is 6.00. The Kier molecular flexibility index (Phi) is 4.93. The molecule has 1 aliphatic carbocycles. The van der Waals surface area contributed by atoms with E-state index in [0.717, 1.165) is 24.6 Å². The van der Waals surface area contributed by atoms with Gasteiger partial charge in [-0.3, -0.25) is 5.32 Å². The van der Waals surface area contributed by atoms with Crippen LogP contribution in [0.1, 0.15) is 55.9 Å². The number of nitrogens with zero attached hydrogens (tertiary/aromatic N) is 4. The fourth-order valence-electron chi connectivity index (χ4n) is 4.10. The molecule has 0 aliphatic heterocycles. The second kappa shape index (κ2) is 7.53. The number of nitrogens with one attached hydrogen (secondary N) is 2. The van der Waals surface area contributed by atoms with Gasteiger partial charge in [-0.2, -0.15) is 0 Å². The summed E-state index contributed by atoms with van der Waals surface area (Å²) in [5, 5.41) is 12.9. The average Bonchev–Trinajstić information content (AvgIpc) is 3.42. The van der Waals surface area contributed by atoms with Crippen molar-refractivity contribution in [2.75, 3.05) is 23.3 Å². The summed E-state index contributed by atoms with van der Waals surface area (Å²) in [6.45, 7) is 5.49. The smallest absolute Gasteiger partial charge is 0.337 e. The molecule has 0 unspecified atom stereocenters. The summed E-state index contributed by atoms with van der Waals surface area (Å²) in [7, 11) is 0. The standard InChI is InChI=1S/C20H26N6O2/c1-3-25(4-2)17-12-16-15(11-14(17)18(27)28)22-19(23-16)24-20-21-9-10-26(20)13-7-5-6-8-13/h9-13H,3-8H2,1-2H3,(H,27,28)(H2,21,22,23,24). The topological polar surface area (TPSA) is 99.1 Å². The van der Waals surface area contributed by atoms with Crippen molar-refractivity contribution in [3.63, 3.8) is 0 Å². The molecule has 0 bridgehead atoms. The van der Waals surface area contributed by atoms with Crippen LogP contribution in [-0.2, 0) is 0 Å². The Morgan fingerprint density at radius 3 is 2.75 bits per heavy atom. The highest BCUT2D eigenvalue weighted by atomic mass is 16.4. The van der Waals surface area contributed by atoms with Crippen LogP contribution in [0, 0.1) is 0 Å². The van der Waals surface area contributed by atoms with Gasteiger partial charge in [0.05, 0.1) is 22.3 Å². The van der Waals surface area contributed by atoms with Gasteiger partial charge >= 0.3 is 5.97 Å². The van der Waals surface area contributed by atoms with E-state index in [-0.39, 0.29) is 5.56 Å². The van der Waals surface area contributed by atoms with Crippen molar-refractivity contribution in [1.29, 1.82) is 0 Å². The van der Waals surface area contributed by atoms with Crippen LogP contribution < -0.4 is 10.2 Å². The lowest BCUT2D eigenvalue weighted by atomic mass is 10.1. The molecule has 1 saturated carbocycles. The third kappa shape index (κ3) is 3.30. The van der Waals surface area contributed by atoms with Crippen LogP contribution in [-0.4, -0.2) is 43.7 Å². The van der Waals surface area contributed by atoms with Crippen molar-refractivity contribution in [2.45, 2.75) is 45.6 Å². The van der Waals surface area contributed by atoms with E-state index in [9.17, 15) is 9.90 Å². The number of carboxylic acid groups (broad SMARTS) is 1. The van der Waals surface area contributed by atoms with Crippen LogP contribution in [0.3, 0.4) is 0 Å². The van der Waals surface area contributed by atoms with Crippen LogP contribution in [0.15, 0.2) is 24.5 Å². The van der Waals surface area contributed by atoms with Crippen LogP contribution in [0.5, 0.6) is 0 Å². The molecule has 0 amide bonds. The van der Waals surface area contributed by atoms with E-state index in [0.29, 0.717) is 23.2 Å². The zero-order valence-electron chi connectivity index (χ0n) is 16.3. The highest BCUT2D eigenvalue weighted by Gasteiger charge is 2.21. The maximum atomic E-state index is 11.8. The van der Waals surface area contributed by atoms with Gasteiger partial charge in [0.2, 0.25) is 11.9 Å². The number of fused-ring (bicyclic) bond motifs is 1. The Balaban J connectivity index is 1.68. The molecule has 0 spiro atoms. The number of benzene rings is 1. The summed E-state index contributed by atoms with van der Waals surface area (Å²) in [5.74, 6) is 0.381. The number of aromatic carboxylic acids is 1. The lowest BCUT2D eigenvalue weighted by molar-refractivity contribution is 0.0697. The first-order valence-electron chi connectivity index (χ1n) is 9.92. The zero-order chi connectivity index (χ0) is 19.7. The van der Waals surface area contributed by atoms with Gasteiger partial charge in [-0.1, -0.05) is 12.8 Å². The molecule has 0 radical (unpaired) electrons. The summed E-state index contributed by atoms with van der Waals surface area (Å²) in [5.41, 5.74) is 2.39. The van der Waals surface area contributed by atoms with Crippen molar-refractivity contribution in [3.05, 3.63) is 30.1 Å². The van der Waals surface area contributed by atoms with E-state index in [1.54, 1.807) is 12.3 Å². The van der Waals surface area contributed by atoms with Crippen molar-refractivity contribution < 1.29 is 9.90 Å². The van der Waals surface area contributed by atoms with Crippen molar-refractivity contribution in [2.24, 2.45) is 0 Å². The van der Waals surface area contributed by atoms with E-state index < -0.39 is 5.97 Å². The van der Waals surface area contributed by atoms with Gasteiger partial charge in [0.1, 0.15) is 0 Å². The predicted molar refractivity (Wildman–Crippen MR) is 110 cm³/mol. The van der Waals surface area contributed by atoms with E-state index in [1.807, 2.05) is 31.0 Å². The third-order valence-electron chi connectivity index (χ3n) is 5.55. The minimum Gasteiger partial charge on any atom is -0.478 e. The van der Waals surface area contributed by atoms with Gasteiger partial charge < -0.3 is 19.6 Å². The second-order valence-corrected chi connectivity index (χ2v) is 7.17. The van der Waals surface area contributed by atoms with Gasteiger partial charge in [-0.25, -0.2) is 14.8 Å². The van der Waals surface area contributed by atoms with E-state index >= 15 is 0 Å². The maximum Gasteiger partial charge on any atom is 0.337 e. The Morgan fingerprint density at radius 2 is 2.07 bits per heavy atom. The quantitative estimate of drug-likeness (QED) is 0.567. The zero-order valence-corrected chi connectivity index (χ0v) is 16.3. The SMILES string of the molecule is CCN(CC)c1cc2nc(Nc3nccn3C3CCCC3)[nH]c2cc1C(=O)O. The van der Waals surface area contributed by atoms with E-state index in [4.69, 9.17) is 0 Å². The van der Waals surface area contributed by atoms with E-state index in [2.05, 4.69) is 24.8 Å². The number of anilines is 3. The molecule has 148 valence electrons. The fraction of sp³-hybridized carbons (Fsp3) is 0.450. The first-order chi connectivity index (χ1) is 13.6. The lowest BCUT2D eigenvalue weighted by Gasteiger charge is -2.22. The number of aromatic nitrogens is 4. The van der Waals surface area contributed by atoms with Gasteiger partial charge in [-0.05, 0) is 38.8 Å². The van der Waals surface area contributed by atoms with Gasteiger partial charge in [-0.15, -0.1) is 0 Å². The second-order valence-electron chi connectivity index (χ2n) is 7.17. The molecule has 8 heteroatoms. The highest BCUT2D eigenvalue weighted by Crippen LogP contribution is 2.32. The molecule has 2 heterocycles. The number of aromatic amines is 1. The van der Waals surface area contributed by atoms with Crippen LogP contribution in [0.2, 0.25) is 0 Å². The first kappa shape index (κ1) is 18.3. The Bertz CT molecular complexity index is 982. The first-order valence-corrected chi connectivity index (χ1v) is 9.92. The monoisotopic (exact) mass is 382 g/mol. The molecular formula is C20H26N6O2. The summed E-state index contributed by atoms with van der Waals surface area (Å²) >= 11 is 0. The van der Waals surface area contributed by atoms with Crippen molar-refractivity contribution in [3.8, 4) is 0 Å². The fourth-order valence-corrected chi connectivity index (χ4v) is 4.10. The third-order valence-corrected chi connectivity index (χ3v) is 5.55. The predicted octanol–water partition coefficient (Wildman–Crippen LogP) is 4.16. The minimum atomic E-state index is -0.940. The minimum absolute atomic E-state index is 0.277. The number of imidazole rings is 2. The van der Waals surface area contributed by atoms with Crippen molar-refractivity contribution >= 4 is 34.6 Å². The number of hydrogen-bond acceptors (Lipinski definition) is 5. The van der Waals surface area contributed by atoms with E-state index in [1.165, 1.54) is 25.7 Å². The molecule has 1 aromatic carbocycles. The summed E-state index contributed by atoms with van der Waals surface area (Å²) < 4.78 is 2.17. The van der Waals surface area contributed by atoms with Crippen LogP contribution in [0.25, 0.3) is 11.0 Å². The van der Waals surface area contributed by atoms with Gasteiger partial charge in [0.15, 0.2) is 0 Å². The molecule has 2 aromatic heterocycles. The molecule has 0 atom stereocenters. The maximum absolute atomic E-state index is 11.8. The Labute approximate surface area is 163 Å². The lowest BCUT2D eigenvalue weighted by Crippen LogP contribution is -2.24. The molecule has 8 nitrogen and oxygen atoms in total. The normalized spacial score (nSPS) is 14.6. The Morgan fingerprint density at radius 1 is 1.32 bits per heavy atom.